The zero-order valence-electron chi connectivity index (χ0n) is 11.5. The Morgan fingerprint density at radius 2 is 1.24 bits per heavy atom. The first-order valence-electron chi connectivity index (χ1n) is 7.34. The Hall–Kier alpha value is -0.560. The van der Waals surface area contributed by atoms with Crippen molar-refractivity contribution in [2.45, 2.75) is 71.1 Å². The molecule has 1 heteroatoms. The third-order valence-electron chi connectivity index (χ3n) is 2.89. The maximum absolute atomic E-state index is 8.63. The Morgan fingerprint density at radius 1 is 0.706 bits per heavy atom. The van der Waals surface area contributed by atoms with Crippen molar-refractivity contribution in [2.24, 2.45) is 0 Å². The van der Waals surface area contributed by atoms with Gasteiger partial charge in [-0.05, 0) is 25.7 Å². The highest BCUT2D eigenvalue weighted by molar-refractivity contribution is 5.02. The van der Waals surface area contributed by atoms with E-state index < -0.39 is 0 Å². The highest BCUT2D eigenvalue weighted by atomic mass is 16.2. The number of unbranched alkanes of at least 4 members (excludes halogenated alkanes) is 8. The van der Waals surface area contributed by atoms with Gasteiger partial charge in [0, 0.05) is 6.61 Å². The Morgan fingerprint density at radius 3 is 1.82 bits per heavy atom. The molecule has 0 fully saturated rings. The minimum Gasteiger partial charge on any atom is -0.396 e. The second kappa shape index (κ2) is 15.4. The van der Waals surface area contributed by atoms with Gasteiger partial charge in [0.05, 0.1) is 0 Å². The molecule has 1 N–H and O–H groups in total. The maximum Gasteiger partial charge on any atom is 0.0431 e. The van der Waals surface area contributed by atoms with Crippen molar-refractivity contribution in [1.82, 2.24) is 0 Å². The highest BCUT2D eigenvalue weighted by Gasteiger charge is 1.89. The molecule has 0 unspecified atom stereocenters. The summed E-state index contributed by atoms with van der Waals surface area (Å²) in [6, 6.07) is 0. The van der Waals surface area contributed by atoms with Crippen LogP contribution in [0.1, 0.15) is 71.1 Å². The van der Waals surface area contributed by atoms with Gasteiger partial charge in [0.15, 0.2) is 0 Å². The minimum absolute atomic E-state index is 0.354. The van der Waals surface area contributed by atoms with Crippen LogP contribution < -0.4 is 0 Å². The van der Waals surface area contributed by atoms with E-state index in [2.05, 4.69) is 31.2 Å². The molecule has 0 aliphatic heterocycles. The lowest BCUT2D eigenvalue weighted by molar-refractivity contribution is 0.282. The second-order valence-corrected chi connectivity index (χ2v) is 4.63. The van der Waals surface area contributed by atoms with Crippen molar-refractivity contribution in [3.05, 3.63) is 24.3 Å². The summed E-state index contributed by atoms with van der Waals surface area (Å²) in [7, 11) is 0. The molecule has 0 aromatic rings. The van der Waals surface area contributed by atoms with E-state index >= 15 is 0 Å². The van der Waals surface area contributed by atoms with Crippen molar-refractivity contribution in [2.75, 3.05) is 6.61 Å². The van der Waals surface area contributed by atoms with Gasteiger partial charge in [-0.1, -0.05) is 69.8 Å². The summed E-state index contributed by atoms with van der Waals surface area (Å²) < 4.78 is 0. The van der Waals surface area contributed by atoms with Gasteiger partial charge < -0.3 is 5.11 Å². The third kappa shape index (κ3) is 15.4. The molecule has 0 saturated carbocycles. The number of aliphatic hydroxyl groups is 1. The van der Waals surface area contributed by atoms with Crippen LogP contribution in [0, 0.1) is 0 Å². The van der Waals surface area contributed by atoms with Gasteiger partial charge in [0.1, 0.15) is 0 Å². The molecule has 0 rings (SSSR count). The highest BCUT2D eigenvalue weighted by Crippen LogP contribution is 2.07. The molecule has 17 heavy (non-hydrogen) atoms. The fourth-order valence-electron chi connectivity index (χ4n) is 1.75. The summed E-state index contributed by atoms with van der Waals surface area (Å²) in [6.07, 6.45) is 21.3. The van der Waals surface area contributed by atoms with Crippen LogP contribution in [0.15, 0.2) is 24.3 Å². The molecule has 0 amide bonds. The SMILES string of the molecule is CCCC/C=C\C=C/CCCCCCCCO. The van der Waals surface area contributed by atoms with Gasteiger partial charge >= 0.3 is 0 Å². The number of rotatable bonds is 12. The van der Waals surface area contributed by atoms with Crippen molar-refractivity contribution < 1.29 is 5.11 Å². The molecule has 0 bridgehead atoms. The number of hydrogen-bond acceptors (Lipinski definition) is 1. The molecule has 100 valence electrons. The van der Waals surface area contributed by atoms with Crippen LogP contribution in [-0.2, 0) is 0 Å². The normalized spacial score (nSPS) is 11.9. The maximum atomic E-state index is 8.63. The Kier molecular flexibility index (Phi) is 14.9. The van der Waals surface area contributed by atoms with Crippen LogP contribution in [-0.4, -0.2) is 11.7 Å². The molecule has 0 spiro atoms. The van der Waals surface area contributed by atoms with Gasteiger partial charge in [0.2, 0.25) is 0 Å². The molecule has 1 nitrogen and oxygen atoms in total. The van der Waals surface area contributed by atoms with Crippen LogP contribution in [0.3, 0.4) is 0 Å². The lowest BCUT2D eigenvalue weighted by Crippen LogP contribution is -1.83. The topological polar surface area (TPSA) is 20.2 Å². The van der Waals surface area contributed by atoms with Gasteiger partial charge in [0.25, 0.3) is 0 Å². The zero-order chi connectivity index (χ0) is 12.6. The molecular weight excluding hydrogens is 208 g/mol. The quantitative estimate of drug-likeness (QED) is 0.374. The smallest absolute Gasteiger partial charge is 0.0431 e. The standard InChI is InChI=1S/C16H30O/c1-2-3-4-5-6-7-8-9-10-11-12-13-14-15-16-17/h5-8,17H,2-4,9-16H2,1H3/b6-5-,8-7-. The van der Waals surface area contributed by atoms with E-state index in [1.54, 1.807) is 0 Å². The lowest BCUT2D eigenvalue weighted by Gasteiger charge is -1.98. The largest absolute Gasteiger partial charge is 0.396 e. The fourth-order valence-corrected chi connectivity index (χ4v) is 1.75. The molecule has 0 aromatic heterocycles. The lowest BCUT2D eigenvalue weighted by atomic mass is 10.1. The summed E-state index contributed by atoms with van der Waals surface area (Å²) in [6.45, 7) is 2.58. The Bertz CT molecular complexity index is 182. The van der Waals surface area contributed by atoms with E-state index in [1.807, 2.05) is 0 Å². The fraction of sp³-hybridized carbons (Fsp3) is 0.750. The van der Waals surface area contributed by atoms with E-state index in [4.69, 9.17) is 5.11 Å². The Balaban J connectivity index is 3.11. The first-order chi connectivity index (χ1) is 8.41. The van der Waals surface area contributed by atoms with Crippen LogP contribution in [0.2, 0.25) is 0 Å². The summed E-state index contributed by atoms with van der Waals surface area (Å²) in [5.74, 6) is 0. The van der Waals surface area contributed by atoms with E-state index in [1.165, 1.54) is 57.8 Å². The predicted molar refractivity (Wildman–Crippen MR) is 77.2 cm³/mol. The summed E-state index contributed by atoms with van der Waals surface area (Å²) in [5.41, 5.74) is 0. The average Bonchev–Trinajstić information content (AvgIpc) is 2.35. The molecule has 0 heterocycles. The van der Waals surface area contributed by atoms with Crippen LogP contribution in [0.25, 0.3) is 0 Å². The van der Waals surface area contributed by atoms with Crippen LogP contribution in [0.4, 0.5) is 0 Å². The molecule has 0 aliphatic rings. The summed E-state index contributed by atoms with van der Waals surface area (Å²) in [4.78, 5) is 0. The van der Waals surface area contributed by atoms with Crippen molar-refractivity contribution in [3.63, 3.8) is 0 Å². The molecular formula is C16H30O. The molecule has 0 aromatic carbocycles. The van der Waals surface area contributed by atoms with Gasteiger partial charge in [-0.25, -0.2) is 0 Å². The number of aliphatic hydroxyl groups excluding tert-OH is 1. The molecule has 0 atom stereocenters. The second-order valence-electron chi connectivity index (χ2n) is 4.63. The predicted octanol–water partition coefficient (Wildman–Crippen LogP) is 5.01. The number of hydrogen-bond donors (Lipinski definition) is 1. The summed E-state index contributed by atoms with van der Waals surface area (Å²) in [5, 5.41) is 8.63. The molecule has 0 aliphatic carbocycles. The van der Waals surface area contributed by atoms with Crippen molar-refractivity contribution >= 4 is 0 Å². The zero-order valence-corrected chi connectivity index (χ0v) is 11.5. The van der Waals surface area contributed by atoms with E-state index in [0.29, 0.717) is 6.61 Å². The monoisotopic (exact) mass is 238 g/mol. The van der Waals surface area contributed by atoms with Crippen LogP contribution in [0.5, 0.6) is 0 Å². The van der Waals surface area contributed by atoms with Gasteiger partial charge in [-0.2, -0.15) is 0 Å². The summed E-state index contributed by atoms with van der Waals surface area (Å²) >= 11 is 0. The first-order valence-corrected chi connectivity index (χ1v) is 7.34. The van der Waals surface area contributed by atoms with Gasteiger partial charge in [-0.15, -0.1) is 0 Å². The molecule has 0 saturated heterocycles. The minimum atomic E-state index is 0.354. The first kappa shape index (κ1) is 16.4. The third-order valence-corrected chi connectivity index (χ3v) is 2.89. The van der Waals surface area contributed by atoms with Crippen molar-refractivity contribution in [3.8, 4) is 0 Å². The van der Waals surface area contributed by atoms with Crippen LogP contribution >= 0.6 is 0 Å². The van der Waals surface area contributed by atoms with Gasteiger partial charge in [-0.3, -0.25) is 0 Å². The number of allylic oxidation sites excluding steroid dienone is 4. The molecule has 0 radical (unpaired) electrons. The van der Waals surface area contributed by atoms with E-state index in [9.17, 15) is 0 Å². The van der Waals surface area contributed by atoms with E-state index in [-0.39, 0.29) is 0 Å². The Labute approximate surface area is 108 Å². The van der Waals surface area contributed by atoms with E-state index in [0.717, 1.165) is 6.42 Å². The average molecular weight is 238 g/mol. The van der Waals surface area contributed by atoms with Crippen molar-refractivity contribution in [1.29, 1.82) is 0 Å².